The fraction of sp³-hybridized carbons (Fsp3) is 0.333. The SMILES string of the molecule is Cc1cc2c3c(c1)N(c1ccc(C(C)(C)C)cc1-c1ccccc1)c1cc(N(c4ccc(C(C)(C)C)cc4)c4ccc5c(c4)sc4ccccc45)ccc1C3c1cc(C(C)(C)C)cc3c1C2CC1(C)CCCCC31C. The summed E-state index contributed by atoms with van der Waals surface area (Å²) in [5.74, 6) is 0.406. The minimum atomic E-state index is -0.0297. The van der Waals surface area contributed by atoms with Crippen LogP contribution >= 0.6 is 11.3 Å². The van der Waals surface area contributed by atoms with E-state index in [2.05, 4.69) is 251 Å². The second kappa shape index (κ2) is 16.8. The first kappa shape index (κ1) is 48.2. The van der Waals surface area contributed by atoms with Crippen LogP contribution in [0.3, 0.4) is 0 Å². The van der Waals surface area contributed by atoms with E-state index in [1.54, 1.807) is 22.3 Å². The molecule has 8 aromatic carbocycles. The van der Waals surface area contributed by atoms with Crippen molar-refractivity contribution in [2.45, 2.75) is 149 Å². The lowest BCUT2D eigenvalue weighted by Crippen LogP contribution is -2.50. The van der Waals surface area contributed by atoms with Gasteiger partial charge >= 0.3 is 0 Å². The van der Waals surface area contributed by atoms with Crippen LogP contribution in [0, 0.1) is 12.3 Å². The molecule has 1 aliphatic heterocycles. The zero-order chi connectivity index (χ0) is 52.1. The topological polar surface area (TPSA) is 6.48 Å². The van der Waals surface area contributed by atoms with E-state index < -0.39 is 0 Å². The summed E-state index contributed by atoms with van der Waals surface area (Å²) in [6, 6.07) is 62.0. The van der Waals surface area contributed by atoms with Gasteiger partial charge in [-0.1, -0.05) is 186 Å². The Bertz CT molecular complexity index is 3760. The number of thiophene rings is 1. The van der Waals surface area contributed by atoms with Crippen LogP contribution in [0.4, 0.5) is 34.1 Å². The fourth-order valence-corrected chi connectivity index (χ4v) is 15.5. The fourth-order valence-electron chi connectivity index (χ4n) is 14.4. The van der Waals surface area contributed by atoms with Gasteiger partial charge in [0.1, 0.15) is 0 Å². The van der Waals surface area contributed by atoms with Crippen molar-refractivity contribution < 1.29 is 0 Å². The molecular formula is C72H74N2S. The number of benzene rings is 8. The molecular weight excluding hydrogens is 925 g/mol. The molecule has 1 fully saturated rings. The Balaban J connectivity index is 1.12. The number of hydrogen-bond acceptors (Lipinski definition) is 3. The first-order valence-corrected chi connectivity index (χ1v) is 28.8. The highest BCUT2D eigenvalue weighted by Gasteiger charge is 2.56. The van der Waals surface area contributed by atoms with Crippen molar-refractivity contribution >= 4 is 65.6 Å². The normalized spacial score (nSPS) is 20.9. The van der Waals surface area contributed by atoms with Crippen LogP contribution in [0.5, 0.6) is 0 Å². The van der Waals surface area contributed by atoms with Crippen molar-refractivity contribution in [2.75, 3.05) is 9.80 Å². The predicted molar refractivity (Wildman–Crippen MR) is 323 cm³/mol. The van der Waals surface area contributed by atoms with Gasteiger partial charge in [-0.15, -0.1) is 11.3 Å². The largest absolute Gasteiger partial charge is 0.310 e. The Kier molecular flexibility index (Phi) is 10.8. The summed E-state index contributed by atoms with van der Waals surface area (Å²) in [5.41, 5.74) is 24.8. The zero-order valence-corrected chi connectivity index (χ0v) is 47.3. The number of fused-ring (bicyclic) bond motifs is 9. The summed E-state index contributed by atoms with van der Waals surface area (Å²) in [7, 11) is 0. The third-order valence-electron chi connectivity index (χ3n) is 18.8. The molecule has 0 radical (unpaired) electrons. The van der Waals surface area contributed by atoms with Crippen molar-refractivity contribution in [1.82, 2.24) is 0 Å². The Morgan fingerprint density at radius 2 is 1.16 bits per heavy atom. The Morgan fingerprint density at radius 1 is 0.507 bits per heavy atom. The highest BCUT2D eigenvalue weighted by Crippen LogP contribution is 2.68. The van der Waals surface area contributed by atoms with Crippen molar-refractivity contribution in [3.63, 3.8) is 0 Å². The summed E-state index contributed by atoms with van der Waals surface area (Å²) in [6.45, 7) is 29.0. The molecule has 3 heteroatoms. The smallest absolute Gasteiger partial charge is 0.0540 e. The van der Waals surface area contributed by atoms with Crippen LogP contribution in [-0.4, -0.2) is 0 Å². The van der Waals surface area contributed by atoms with Crippen molar-refractivity contribution in [3.05, 3.63) is 213 Å². The summed E-state index contributed by atoms with van der Waals surface area (Å²) in [6.07, 6.45) is 6.36. The van der Waals surface area contributed by atoms with Gasteiger partial charge in [-0.2, -0.15) is 0 Å². The summed E-state index contributed by atoms with van der Waals surface area (Å²) in [5, 5.41) is 2.64. The average Bonchev–Trinajstić information content (AvgIpc) is 3.80. The van der Waals surface area contributed by atoms with Gasteiger partial charge in [0, 0.05) is 54.6 Å². The van der Waals surface area contributed by atoms with Gasteiger partial charge < -0.3 is 9.80 Å². The van der Waals surface area contributed by atoms with Crippen LogP contribution in [0.15, 0.2) is 158 Å². The maximum absolute atomic E-state index is 2.71. The van der Waals surface area contributed by atoms with Gasteiger partial charge in [-0.05, 0) is 175 Å². The van der Waals surface area contributed by atoms with E-state index in [1.165, 1.54) is 114 Å². The van der Waals surface area contributed by atoms with E-state index in [9.17, 15) is 0 Å². The molecule has 0 bridgehead atoms. The molecule has 0 amide bonds. The standard InChI is InChI=1S/C72H74N2S/c1-44-36-56-58-43-71(11)34-18-19-35-72(71,12)59-40-48(70(8,9)10)39-57(65(58)59)66-54-32-30-50(41-61(54)74(62(37-44)67(56)66)60-33-26-47(69(5,6)7)38-55(60)45-20-14-13-15-21-45)73(49-27-24-46(25-28-49)68(2,3)4)51-29-31-53-52-22-16-17-23-63(52)75-64(53)42-51/h13-17,20-33,36-42,58,66H,18-19,34-35,43H2,1-12H3. The quantitative estimate of drug-likeness (QED) is 0.170. The Morgan fingerprint density at radius 3 is 1.91 bits per heavy atom. The van der Waals surface area contributed by atoms with Crippen molar-refractivity contribution in [3.8, 4) is 11.1 Å². The maximum atomic E-state index is 2.71. The molecule has 4 aliphatic rings. The summed E-state index contributed by atoms with van der Waals surface area (Å²) >= 11 is 1.89. The molecule has 3 aliphatic carbocycles. The molecule has 13 rings (SSSR count). The van der Waals surface area contributed by atoms with E-state index in [1.807, 2.05) is 11.3 Å². The summed E-state index contributed by atoms with van der Waals surface area (Å²) < 4.78 is 2.63. The maximum Gasteiger partial charge on any atom is 0.0540 e. The molecule has 2 nitrogen and oxygen atoms in total. The van der Waals surface area contributed by atoms with Crippen LogP contribution in [-0.2, 0) is 21.7 Å². The number of rotatable bonds is 5. The highest BCUT2D eigenvalue weighted by atomic mass is 32.1. The van der Waals surface area contributed by atoms with E-state index in [4.69, 9.17) is 0 Å². The van der Waals surface area contributed by atoms with Crippen molar-refractivity contribution in [1.29, 1.82) is 0 Å². The summed E-state index contributed by atoms with van der Waals surface area (Å²) in [4.78, 5) is 5.23. The first-order valence-electron chi connectivity index (χ1n) is 28.0. The minimum absolute atomic E-state index is 0.0123. The van der Waals surface area contributed by atoms with E-state index in [0.29, 0.717) is 5.92 Å². The molecule has 9 aromatic rings. The molecule has 4 atom stereocenters. The van der Waals surface area contributed by atoms with E-state index in [-0.39, 0.29) is 33.0 Å². The van der Waals surface area contributed by atoms with Crippen LogP contribution in [0.2, 0.25) is 0 Å². The lowest BCUT2D eigenvalue weighted by atomic mass is 9.45. The second-order valence-electron chi connectivity index (χ2n) is 26.7. The van der Waals surface area contributed by atoms with Gasteiger partial charge in [0.2, 0.25) is 0 Å². The van der Waals surface area contributed by atoms with E-state index >= 15 is 0 Å². The van der Waals surface area contributed by atoms with Crippen LogP contribution in [0.25, 0.3) is 31.3 Å². The molecule has 75 heavy (non-hydrogen) atoms. The lowest BCUT2D eigenvalue weighted by molar-refractivity contribution is 0.0589. The Hall–Kier alpha value is -6.42. The van der Waals surface area contributed by atoms with Gasteiger partial charge in [-0.3, -0.25) is 0 Å². The average molecular weight is 999 g/mol. The van der Waals surface area contributed by atoms with Gasteiger partial charge in [-0.25, -0.2) is 0 Å². The monoisotopic (exact) mass is 999 g/mol. The molecule has 4 unspecified atom stereocenters. The van der Waals surface area contributed by atoms with Gasteiger partial charge in [0.25, 0.3) is 0 Å². The molecule has 0 saturated heterocycles. The third kappa shape index (κ3) is 7.52. The molecule has 0 N–H and O–H groups in total. The van der Waals surface area contributed by atoms with E-state index in [0.717, 1.165) is 17.1 Å². The number of aryl methyl sites for hydroxylation is 1. The molecule has 1 aromatic heterocycles. The minimum Gasteiger partial charge on any atom is -0.310 e. The molecule has 378 valence electrons. The van der Waals surface area contributed by atoms with Crippen LogP contribution < -0.4 is 9.80 Å². The highest BCUT2D eigenvalue weighted by molar-refractivity contribution is 7.25. The number of anilines is 6. The molecule has 1 saturated carbocycles. The lowest BCUT2D eigenvalue weighted by Gasteiger charge is -2.59. The predicted octanol–water partition coefficient (Wildman–Crippen LogP) is 21.0. The molecule has 0 spiro atoms. The molecule has 2 heterocycles. The zero-order valence-electron chi connectivity index (χ0n) is 46.5. The van der Waals surface area contributed by atoms with Crippen LogP contribution in [0.1, 0.15) is 176 Å². The Labute approximate surface area is 451 Å². The number of nitrogens with zero attached hydrogens (tertiary/aromatic N) is 2. The first-order chi connectivity index (χ1) is 35.7. The van der Waals surface area contributed by atoms with Gasteiger partial charge in [0.05, 0.1) is 17.1 Å². The second-order valence-corrected chi connectivity index (χ2v) is 27.8. The third-order valence-corrected chi connectivity index (χ3v) is 20.0. The van der Waals surface area contributed by atoms with Crippen molar-refractivity contribution in [2.24, 2.45) is 5.41 Å². The van der Waals surface area contributed by atoms with Gasteiger partial charge in [0.15, 0.2) is 0 Å². The number of hydrogen-bond donors (Lipinski definition) is 0.